The molecule has 0 saturated heterocycles. The fourth-order valence-electron chi connectivity index (χ4n) is 2.20. The Balaban J connectivity index is 3.08. The summed E-state index contributed by atoms with van der Waals surface area (Å²) >= 11 is 5.38. The second kappa shape index (κ2) is 5.74. The lowest BCUT2D eigenvalue weighted by Gasteiger charge is -2.37. The molecule has 0 fully saturated rings. The zero-order valence-corrected chi connectivity index (χ0v) is 12.2. The summed E-state index contributed by atoms with van der Waals surface area (Å²) in [6.45, 7) is 6.56. The van der Waals surface area contributed by atoms with Crippen LogP contribution in [-0.2, 0) is 23.9 Å². The quantitative estimate of drug-likeness (QED) is 0.586. The zero-order valence-electron chi connectivity index (χ0n) is 11.4. The third-order valence-corrected chi connectivity index (χ3v) is 3.10. The SMILES string of the molecule is CC(=O)OC1=C(C)CC(C)(C)C(OC(=O)CCl)C1=O. The van der Waals surface area contributed by atoms with E-state index in [4.69, 9.17) is 21.1 Å². The monoisotopic (exact) mass is 288 g/mol. The normalized spacial score (nSPS) is 22.2. The fraction of sp³-hybridized carbons (Fsp3) is 0.615. The highest BCUT2D eigenvalue weighted by molar-refractivity contribution is 6.26. The Morgan fingerprint density at radius 2 is 2.00 bits per heavy atom. The van der Waals surface area contributed by atoms with E-state index in [-0.39, 0.29) is 11.6 Å². The van der Waals surface area contributed by atoms with E-state index in [0.29, 0.717) is 12.0 Å². The summed E-state index contributed by atoms with van der Waals surface area (Å²) < 4.78 is 10.0. The van der Waals surface area contributed by atoms with Gasteiger partial charge in [0.1, 0.15) is 5.88 Å². The summed E-state index contributed by atoms with van der Waals surface area (Å²) in [7, 11) is 0. The fourth-order valence-corrected chi connectivity index (χ4v) is 2.26. The van der Waals surface area contributed by atoms with Gasteiger partial charge < -0.3 is 9.47 Å². The molecule has 19 heavy (non-hydrogen) atoms. The average Bonchev–Trinajstić information content (AvgIpc) is 2.29. The number of hydrogen-bond acceptors (Lipinski definition) is 5. The number of allylic oxidation sites excluding steroid dienone is 1. The summed E-state index contributed by atoms with van der Waals surface area (Å²) in [5, 5.41) is 0. The van der Waals surface area contributed by atoms with Gasteiger partial charge in [-0.05, 0) is 18.9 Å². The molecule has 106 valence electrons. The Kier molecular flexibility index (Phi) is 4.74. The molecule has 0 spiro atoms. The molecule has 1 rings (SSSR count). The lowest BCUT2D eigenvalue weighted by atomic mass is 9.74. The molecule has 0 aromatic heterocycles. The van der Waals surface area contributed by atoms with Crippen molar-refractivity contribution in [3.8, 4) is 0 Å². The predicted octanol–water partition coefficient (Wildman–Crippen LogP) is 1.97. The Hall–Kier alpha value is -1.36. The maximum absolute atomic E-state index is 12.3. The smallest absolute Gasteiger partial charge is 0.321 e. The maximum atomic E-state index is 12.3. The van der Waals surface area contributed by atoms with Gasteiger partial charge in [0.25, 0.3) is 0 Å². The highest BCUT2D eigenvalue weighted by Crippen LogP contribution is 2.39. The number of ether oxygens (including phenoxy) is 2. The zero-order chi connectivity index (χ0) is 14.8. The van der Waals surface area contributed by atoms with E-state index < -0.39 is 29.2 Å². The van der Waals surface area contributed by atoms with Crippen molar-refractivity contribution < 1.29 is 23.9 Å². The van der Waals surface area contributed by atoms with Gasteiger partial charge in [0.2, 0.25) is 5.78 Å². The van der Waals surface area contributed by atoms with Crippen molar-refractivity contribution in [1.29, 1.82) is 0 Å². The number of alkyl halides is 1. The van der Waals surface area contributed by atoms with E-state index in [1.54, 1.807) is 6.92 Å². The standard InChI is InChI=1S/C13H17ClO5/c1-7-5-13(3,4)12(19-9(16)6-14)10(17)11(7)18-8(2)15/h12H,5-6H2,1-4H3. The molecule has 0 aromatic carbocycles. The number of ketones is 1. The molecular formula is C13H17ClO5. The van der Waals surface area contributed by atoms with Gasteiger partial charge >= 0.3 is 11.9 Å². The summed E-state index contributed by atoms with van der Waals surface area (Å²) in [5.74, 6) is -2.10. The minimum Gasteiger partial charge on any atom is -0.452 e. The van der Waals surface area contributed by atoms with Crippen LogP contribution < -0.4 is 0 Å². The summed E-state index contributed by atoms with van der Waals surface area (Å²) in [4.78, 5) is 34.6. The predicted molar refractivity (Wildman–Crippen MR) is 68.5 cm³/mol. The van der Waals surface area contributed by atoms with Gasteiger partial charge in [-0.3, -0.25) is 14.4 Å². The molecule has 0 bridgehead atoms. The second-order valence-electron chi connectivity index (χ2n) is 5.24. The van der Waals surface area contributed by atoms with Crippen LogP contribution >= 0.6 is 11.6 Å². The van der Waals surface area contributed by atoms with Crippen LogP contribution in [0.3, 0.4) is 0 Å². The lowest BCUT2D eigenvalue weighted by Crippen LogP contribution is -2.45. The second-order valence-corrected chi connectivity index (χ2v) is 5.50. The van der Waals surface area contributed by atoms with Gasteiger partial charge in [0, 0.05) is 12.3 Å². The first-order valence-corrected chi connectivity index (χ1v) is 6.40. The molecule has 1 aliphatic rings. The van der Waals surface area contributed by atoms with Crippen molar-refractivity contribution in [2.45, 2.75) is 40.2 Å². The van der Waals surface area contributed by atoms with Crippen molar-refractivity contribution in [3.63, 3.8) is 0 Å². The van der Waals surface area contributed by atoms with Crippen LogP contribution in [0.25, 0.3) is 0 Å². The first-order chi connectivity index (χ1) is 8.69. The van der Waals surface area contributed by atoms with Crippen molar-refractivity contribution >= 4 is 29.3 Å². The molecule has 0 aliphatic heterocycles. The topological polar surface area (TPSA) is 69.7 Å². The van der Waals surface area contributed by atoms with Crippen molar-refractivity contribution in [1.82, 2.24) is 0 Å². The number of carbonyl (C=O) groups is 3. The number of Topliss-reactive ketones (excluding diaryl/α,β-unsaturated/α-hetero) is 1. The van der Waals surface area contributed by atoms with Crippen LogP contribution in [0.15, 0.2) is 11.3 Å². The van der Waals surface area contributed by atoms with Crippen molar-refractivity contribution in [3.05, 3.63) is 11.3 Å². The molecular weight excluding hydrogens is 272 g/mol. The van der Waals surface area contributed by atoms with Gasteiger partial charge in [-0.15, -0.1) is 11.6 Å². The number of esters is 2. The van der Waals surface area contributed by atoms with E-state index in [0.717, 1.165) is 0 Å². The van der Waals surface area contributed by atoms with E-state index in [9.17, 15) is 14.4 Å². The summed E-state index contributed by atoms with van der Waals surface area (Å²) in [6.07, 6.45) is -0.501. The molecule has 0 heterocycles. The van der Waals surface area contributed by atoms with Gasteiger partial charge in [-0.1, -0.05) is 13.8 Å². The summed E-state index contributed by atoms with van der Waals surface area (Å²) in [6, 6.07) is 0. The molecule has 1 aliphatic carbocycles. The van der Waals surface area contributed by atoms with Crippen molar-refractivity contribution in [2.24, 2.45) is 5.41 Å². The minimum atomic E-state index is -0.989. The molecule has 0 aromatic rings. The number of halogens is 1. The molecule has 5 nitrogen and oxygen atoms in total. The highest BCUT2D eigenvalue weighted by Gasteiger charge is 2.45. The van der Waals surface area contributed by atoms with Crippen LogP contribution in [-0.4, -0.2) is 29.7 Å². The van der Waals surface area contributed by atoms with Crippen LogP contribution in [0.1, 0.15) is 34.1 Å². The van der Waals surface area contributed by atoms with Crippen molar-refractivity contribution in [2.75, 3.05) is 5.88 Å². The largest absolute Gasteiger partial charge is 0.452 e. The Labute approximate surface area is 116 Å². The Bertz CT molecular complexity index is 450. The molecule has 0 amide bonds. The van der Waals surface area contributed by atoms with E-state index in [2.05, 4.69) is 0 Å². The van der Waals surface area contributed by atoms with E-state index in [1.165, 1.54) is 6.92 Å². The molecule has 1 unspecified atom stereocenters. The first kappa shape index (κ1) is 15.7. The van der Waals surface area contributed by atoms with Crippen LogP contribution in [0, 0.1) is 5.41 Å². The number of carbonyl (C=O) groups excluding carboxylic acids is 3. The van der Waals surface area contributed by atoms with Crippen LogP contribution in [0.2, 0.25) is 0 Å². The summed E-state index contributed by atoms with van der Waals surface area (Å²) in [5.41, 5.74) is 0.107. The van der Waals surface area contributed by atoms with Crippen LogP contribution in [0.5, 0.6) is 0 Å². The molecule has 0 radical (unpaired) electrons. The molecule has 6 heteroatoms. The third kappa shape index (κ3) is 3.56. The van der Waals surface area contributed by atoms with Gasteiger partial charge in [-0.25, -0.2) is 0 Å². The Morgan fingerprint density at radius 3 is 2.47 bits per heavy atom. The Morgan fingerprint density at radius 1 is 1.42 bits per heavy atom. The number of hydrogen-bond donors (Lipinski definition) is 0. The molecule has 0 saturated carbocycles. The first-order valence-electron chi connectivity index (χ1n) is 5.87. The molecule has 1 atom stereocenters. The van der Waals surface area contributed by atoms with Gasteiger partial charge in [0.15, 0.2) is 11.9 Å². The maximum Gasteiger partial charge on any atom is 0.321 e. The van der Waals surface area contributed by atoms with Gasteiger partial charge in [0.05, 0.1) is 0 Å². The third-order valence-electron chi connectivity index (χ3n) is 2.88. The van der Waals surface area contributed by atoms with E-state index >= 15 is 0 Å². The minimum absolute atomic E-state index is 0.0285. The highest BCUT2D eigenvalue weighted by atomic mass is 35.5. The lowest BCUT2D eigenvalue weighted by molar-refractivity contribution is -0.162. The van der Waals surface area contributed by atoms with Crippen LogP contribution in [0.4, 0.5) is 0 Å². The van der Waals surface area contributed by atoms with Gasteiger partial charge in [-0.2, -0.15) is 0 Å². The molecule has 0 N–H and O–H groups in total. The number of rotatable bonds is 3. The average molecular weight is 289 g/mol. The van der Waals surface area contributed by atoms with E-state index in [1.807, 2.05) is 13.8 Å².